The van der Waals surface area contributed by atoms with Gasteiger partial charge in [0.25, 0.3) is 0 Å². The SMILES string of the molecule is C/C(=C\C(=O)Cc1ccccc1)c1coc(Cc2ccccc2)c1. The van der Waals surface area contributed by atoms with Crippen LogP contribution in [0.1, 0.15) is 29.4 Å². The van der Waals surface area contributed by atoms with Gasteiger partial charge in [0, 0.05) is 18.4 Å². The van der Waals surface area contributed by atoms with Gasteiger partial charge < -0.3 is 4.42 Å². The molecule has 0 aliphatic rings. The van der Waals surface area contributed by atoms with Crippen LogP contribution in [-0.2, 0) is 17.6 Å². The molecule has 3 rings (SSSR count). The lowest BCUT2D eigenvalue weighted by molar-refractivity contribution is -0.113. The van der Waals surface area contributed by atoms with Crippen molar-refractivity contribution in [2.24, 2.45) is 0 Å². The molecule has 0 aliphatic carbocycles. The van der Waals surface area contributed by atoms with Gasteiger partial charge in [-0.3, -0.25) is 4.79 Å². The molecule has 0 spiro atoms. The first kappa shape index (κ1) is 16.0. The molecule has 2 nitrogen and oxygen atoms in total. The molecule has 0 saturated heterocycles. The Morgan fingerprint density at radius 2 is 1.58 bits per heavy atom. The number of allylic oxidation sites excluding steroid dienone is 2. The van der Waals surface area contributed by atoms with Gasteiger partial charge >= 0.3 is 0 Å². The van der Waals surface area contributed by atoms with Crippen molar-refractivity contribution < 1.29 is 9.21 Å². The summed E-state index contributed by atoms with van der Waals surface area (Å²) in [6.45, 7) is 1.94. The molecule has 0 atom stereocenters. The highest BCUT2D eigenvalue weighted by Gasteiger charge is 2.07. The Hall–Kier alpha value is -2.87. The Bertz CT molecular complexity index is 827. The number of carbonyl (C=O) groups excluding carboxylic acids is 1. The molecule has 24 heavy (non-hydrogen) atoms. The van der Waals surface area contributed by atoms with E-state index in [9.17, 15) is 4.79 Å². The summed E-state index contributed by atoms with van der Waals surface area (Å²) >= 11 is 0. The van der Waals surface area contributed by atoms with E-state index in [1.54, 1.807) is 12.3 Å². The number of carbonyl (C=O) groups is 1. The van der Waals surface area contributed by atoms with Crippen LogP contribution < -0.4 is 0 Å². The topological polar surface area (TPSA) is 30.2 Å². The third kappa shape index (κ3) is 4.32. The molecule has 1 heterocycles. The van der Waals surface area contributed by atoms with E-state index in [4.69, 9.17) is 4.42 Å². The van der Waals surface area contributed by atoms with Gasteiger partial charge in [0.15, 0.2) is 5.78 Å². The quantitative estimate of drug-likeness (QED) is 0.593. The maximum absolute atomic E-state index is 12.2. The molecule has 0 N–H and O–H groups in total. The zero-order valence-electron chi connectivity index (χ0n) is 13.7. The molecular formula is C22H20O2. The molecule has 0 bridgehead atoms. The second-order valence-electron chi connectivity index (χ2n) is 5.92. The summed E-state index contributed by atoms with van der Waals surface area (Å²) in [7, 11) is 0. The molecule has 0 aliphatic heterocycles. The summed E-state index contributed by atoms with van der Waals surface area (Å²) in [4.78, 5) is 12.2. The summed E-state index contributed by atoms with van der Waals surface area (Å²) in [5, 5.41) is 0. The molecule has 0 amide bonds. The van der Waals surface area contributed by atoms with Crippen molar-refractivity contribution in [3.8, 4) is 0 Å². The Balaban J connectivity index is 1.66. The summed E-state index contributed by atoms with van der Waals surface area (Å²) in [6.07, 6.45) is 4.60. The lowest BCUT2D eigenvalue weighted by atomic mass is 10.0. The van der Waals surface area contributed by atoms with Crippen molar-refractivity contribution in [3.05, 3.63) is 102 Å². The molecular weight excluding hydrogens is 296 g/mol. The van der Waals surface area contributed by atoms with Gasteiger partial charge in [-0.25, -0.2) is 0 Å². The highest BCUT2D eigenvalue weighted by atomic mass is 16.3. The van der Waals surface area contributed by atoms with Crippen molar-refractivity contribution in [1.29, 1.82) is 0 Å². The second-order valence-corrected chi connectivity index (χ2v) is 5.92. The average Bonchev–Trinajstić information content (AvgIpc) is 3.05. The minimum Gasteiger partial charge on any atom is -0.468 e. The number of hydrogen-bond acceptors (Lipinski definition) is 2. The van der Waals surface area contributed by atoms with Crippen molar-refractivity contribution in [3.63, 3.8) is 0 Å². The van der Waals surface area contributed by atoms with E-state index in [2.05, 4.69) is 12.1 Å². The molecule has 2 heteroatoms. The normalized spacial score (nSPS) is 11.5. The van der Waals surface area contributed by atoms with E-state index >= 15 is 0 Å². The molecule has 1 aromatic heterocycles. The fourth-order valence-corrected chi connectivity index (χ4v) is 2.65. The van der Waals surface area contributed by atoms with Crippen LogP contribution in [0.4, 0.5) is 0 Å². The third-order valence-corrected chi connectivity index (χ3v) is 3.93. The smallest absolute Gasteiger partial charge is 0.160 e. The van der Waals surface area contributed by atoms with Gasteiger partial charge in [0.1, 0.15) is 5.76 Å². The van der Waals surface area contributed by atoms with Crippen molar-refractivity contribution in [1.82, 2.24) is 0 Å². The minimum absolute atomic E-state index is 0.101. The van der Waals surface area contributed by atoms with Gasteiger partial charge in [-0.15, -0.1) is 0 Å². The Labute approximate surface area is 142 Å². The van der Waals surface area contributed by atoms with E-state index in [1.807, 2.05) is 61.5 Å². The largest absolute Gasteiger partial charge is 0.468 e. The summed E-state index contributed by atoms with van der Waals surface area (Å²) < 4.78 is 5.64. The van der Waals surface area contributed by atoms with Crippen LogP contribution >= 0.6 is 0 Å². The lowest BCUT2D eigenvalue weighted by Crippen LogP contribution is -1.99. The third-order valence-electron chi connectivity index (χ3n) is 3.93. The van der Waals surface area contributed by atoms with E-state index in [-0.39, 0.29) is 5.78 Å². The minimum atomic E-state index is 0.101. The first-order valence-electron chi connectivity index (χ1n) is 8.07. The second kappa shape index (κ2) is 7.60. The summed E-state index contributed by atoms with van der Waals surface area (Å²) in [5.41, 5.74) is 4.13. The molecule has 0 radical (unpaired) electrons. The van der Waals surface area contributed by atoms with Gasteiger partial charge in [-0.05, 0) is 35.8 Å². The van der Waals surface area contributed by atoms with Crippen LogP contribution in [0, 0.1) is 0 Å². The maximum Gasteiger partial charge on any atom is 0.160 e. The lowest BCUT2D eigenvalue weighted by Gasteiger charge is -1.99. The number of hydrogen-bond donors (Lipinski definition) is 0. The Morgan fingerprint density at radius 1 is 0.958 bits per heavy atom. The molecule has 120 valence electrons. The molecule has 2 aromatic carbocycles. The van der Waals surface area contributed by atoms with Crippen LogP contribution in [0.2, 0.25) is 0 Å². The first-order valence-corrected chi connectivity index (χ1v) is 8.07. The zero-order valence-corrected chi connectivity index (χ0v) is 13.7. The van der Waals surface area contributed by atoms with Gasteiger partial charge in [-0.2, -0.15) is 0 Å². The van der Waals surface area contributed by atoms with Crippen molar-refractivity contribution >= 4 is 11.4 Å². The molecule has 0 fully saturated rings. The molecule has 0 unspecified atom stereocenters. The highest BCUT2D eigenvalue weighted by Crippen LogP contribution is 2.20. The Morgan fingerprint density at radius 3 is 2.25 bits per heavy atom. The van der Waals surface area contributed by atoms with Crippen LogP contribution in [0.25, 0.3) is 5.57 Å². The molecule has 3 aromatic rings. The maximum atomic E-state index is 12.2. The zero-order chi connectivity index (χ0) is 16.8. The first-order chi connectivity index (χ1) is 11.7. The summed E-state index contributed by atoms with van der Waals surface area (Å²) in [5.74, 6) is 1.00. The number of rotatable bonds is 6. The van der Waals surface area contributed by atoms with Crippen LogP contribution in [-0.4, -0.2) is 5.78 Å². The van der Waals surface area contributed by atoms with Crippen molar-refractivity contribution in [2.75, 3.05) is 0 Å². The summed E-state index contributed by atoms with van der Waals surface area (Å²) in [6, 6.07) is 22.0. The predicted octanol–water partition coefficient (Wildman–Crippen LogP) is 5.09. The monoisotopic (exact) mass is 316 g/mol. The van der Waals surface area contributed by atoms with Crippen molar-refractivity contribution in [2.45, 2.75) is 19.8 Å². The van der Waals surface area contributed by atoms with Gasteiger partial charge in [0.05, 0.1) is 6.26 Å². The van der Waals surface area contributed by atoms with E-state index < -0.39 is 0 Å². The number of furan rings is 1. The highest BCUT2D eigenvalue weighted by molar-refractivity contribution is 5.97. The standard InChI is InChI=1S/C22H20O2/c1-17(12-21(23)13-18-8-4-2-5-9-18)20-15-22(24-16-20)14-19-10-6-3-7-11-19/h2-12,15-16H,13-14H2,1H3/b17-12+. The van der Waals surface area contributed by atoms with Crippen LogP contribution in [0.3, 0.4) is 0 Å². The average molecular weight is 316 g/mol. The fourth-order valence-electron chi connectivity index (χ4n) is 2.65. The Kier molecular flexibility index (Phi) is 5.07. The van der Waals surface area contributed by atoms with E-state index in [0.717, 1.165) is 28.9 Å². The fraction of sp³-hybridized carbons (Fsp3) is 0.136. The van der Waals surface area contributed by atoms with Gasteiger partial charge in [0.2, 0.25) is 0 Å². The van der Waals surface area contributed by atoms with E-state index in [1.165, 1.54) is 5.56 Å². The number of benzene rings is 2. The van der Waals surface area contributed by atoms with E-state index in [0.29, 0.717) is 6.42 Å². The van der Waals surface area contributed by atoms with Crippen LogP contribution in [0.5, 0.6) is 0 Å². The number of ketones is 1. The predicted molar refractivity (Wildman–Crippen MR) is 96.8 cm³/mol. The van der Waals surface area contributed by atoms with Crippen LogP contribution in [0.15, 0.2) is 83.5 Å². The molecule has 0 saturated carbocycles. The van der Waals surface area contributed by atoms with Gasteiger partial charge in [-0.1, -0.05) is 60.7 Å².